The predicted octanol–water partition coefficient (Wildman–Crippen LogP) is 1.45. The molecule has 6 heteroatoms. The van der Waals surface area contributed by atoms with Gasteiger partial charge < -0.3 is 11.1 Å². The Morgan fingerprint density at radius 1 is 1.59 bits per heavy atom. The molecular formula is C11H22IN5. The number of guanidine groups is 1. The summed E-state index contributed by atoms with van der Waals surface area (Å²) in [5.74, 6) is 0.969. The van der Waals surface area contributed by atoms with E-state index in [9.17, 15) is 0 Å². The van der Waals surface area contributed by atoms with E-state index in [1.54, 1.807) is 6.20 Å². The van der Waals surface area contributed by atoms with Gasteiger partial charge in [0, 0.05) is 32.0 Å². The molecule has 0 spiro atoms. The Balaban J connectivity index is 0.00000256. The van der Waals surface area contributed by atoms with E-state index >= 15 is 0 Å². The van der Waals surface area contributed by atoms with Gasteiger partial charge in [0.2, 0.25) is 0 Å². The standard InChI is InChI=1S/C11H21N5.HI/c1-3-5-13-11(12)14-8-10(2)9-16-7-4-6-15-16;/h4,6-7,10H,3,5,8-9H2,1-2H3,(H3,12,13,14);1H. The summed E-state index contributed by atoms with van der Waals surface area (Å²) >= 11 is 0. The Morgan fingerprint density at radius 2 is 2.35 bits per heavy atom. The van der Waals surface area contributed by atoms with Crippen LogP contribution in [0.3, 0.4) is 0 Å². The average molecular weight is 351 g/mol. The van der Waals surface area contributed by atoms with Crippen LogP contribution in [0.4, 0.5) is 0 Å². The van der Waals surface area contributed by atoms with E-state index in [2.05, 4.69) is 29.3 Å². The minimum Gasteiger partial charge on any atom is -0.370 e. The smallest absolute Gasteiger partial charge is 0.188 e. The van der Waals surface area contributed by atoms with Crippen molar-refractivity contribution in [2.45, 2.75) is 26.8 Å². The minimum absolute atomic E-state index is 0. The number of halogens is 1. The summed E-state index contributed by atoms with van der Waals surface area (Å²) in [7, 11) is 0. The maximum absolute atomic E-state index is 5.70. The molecule has 0 aromatic carbocycles. The van der Waals surface area contributed by atoms with Crippen molar-refractivity contribution >= 4 is 29.9 Å². The second kappa shape index (κ2) is 9.26. The maximum atomic E-state index is 5.70. The van der Waals surface area contributed by atoms with Crippen LogP contribution in [0.15, 0.2) is 23.5 Å². The summed E-state index contributed by atoms with van der Waals surface area (Å²) in [5.41, 5.74) is 5.70. The van der Waals surface area contributed by atoms with Crippen LogP contribution >= 0.6 is 24.0 Å². The summed E-state index contributed by atoms with van der Waals surface area (Å²) in [6, 6.07) is 1.92. The van der Waals surface area contributed by atoms with Gasteiger partial charge in [-0.1, -0.05) is 13.8 Å². The normalized spacial score (nSPS) is 12.9. The van der Waals surface area contributed by atoms with Gasteiger partial charge in [-0.2, -0.15) is 5.10 Å². The summed E-state index contributed by atoms with van der Waals surface area (Å²) < 4.78 is 1.91. The molecule has 0 fully saturated rings. The number of hydrogen-bond donors (Lipinski definition) is 2. The zero-order chi connectivity index (χ0) is 11.8. The lowest BCUT2D eigenvalue weighted by Crippen LogP contribution is -2.32. The van der Waals surface area contributed by atoms with Gasteiger partial charge in [-0.15, -0.1) is 24.0 Å². The number of rotatable bonds is 6. The molecule has 1 atom stereocenters. The molecular weight excluding hydrogens is 329 g/mol. The molecule has 98 valence electrons. The van der Waals surface area contributed by atoms with Gasteiger partial charge >= 0.3 is 0 Å². The first-order chi connectivity index (χ1) is 7.72. The fourth-order valence-corrected chi connectivity index (χ4v) is 1.35. The number of nitrogens with one attached hydrogen (secondary N) is 1. The Kier molecular flexibility index (Phi) is 8.83. The van der Waals surface area contributed by atoms with Gasteiger partial charge in [0.25, 0.3) is 0 Å². The fourth-order valence-electron chi connectivity index (χ4n) is 1.35. The van der Waals surface area contributed by atoms with E-state index in [1.165, 1.54) is 0 Å². The third kappa shape index (κ3) is 7.19. The van der Waals surface area contributed by atoms with Crippen molar-refractivity contribution in [3.8, 4) is 0 Å². The molecule has 5 nitrogen and oxygen atoms in total. The molecule has 3 N–H and O–H groups in total. The average Bonchev–Trinajstić information content (AvgIpc) is 2.76. The highest BCUT2D eigenvalue weighted by Crippen LogP contribution is 1.99. The highest BCUT2D eigenvalue weighted by molar-refractivity contribution is 14.0. The third-order valence-electron chi connectivity index (χ3n) is 2.19. The SMILES string of the molecule is CCCNC(N)=NCC(C)Cn1cccn1.I. The second-order valence-corrected chi connectivity index (χ2v) is 3.99. The molecule has 0 aliphatic rings. The van der Waals surface area contributed by atoms with E-state index in [0.29, 0.717) is 11.9 Å². The molecule has 0 aliphatic carbocycles. The Morgan fingerprint density at radius 3 is 2.94 bits per heavy atom. The van der Waals surface area contributed by atoms with E-state index in [4.69, 9.17) is 5.73 Å². The van der Waals surface area contributed by atoms with Crippen LogP contribution in [0.2, 0.25) is 0 Å². The van der Waals surface area contributed by atoms with Crippen LogP contribution in [-0.4, -0.2) is 28.8 Å². The monoisotopic (exact) mass is 351 g/mol. The van der Waals surface area contributed by atoms with E-state index in [-0.39, 0.29) is 24.0 Å². The van der Waals surface area contributed by atoms with E-state index in [1.807, 2.05) is 16.9 Å². The zero-order valence-corrected chi connectivity index (χ0v) is 12.8. The van der Waals surface area contributed by atoms with Crippen LogP contribution in [0.5, 0.6) is 0 Å². The van der Waals surface area contributed by atoms with Crippen molar-refractivity contribution in [2.24, 2.45) is 16.6 Å². The van der Waals surface area contributed by atoms with Crippen molar-refractivity contribution in [2.75, 3.05) is 13.1 Å². The summed E-state index contributed by atoms with van der Waals surface area (Å²) in [4.78, 5) is 4.28. The molecule has 1 rings (SSSR count). The number of aromatic nitrogens is 2. The molecule has 1 aromatic heterocycles. The highest BCUT2D eigenvalue weighted by Gasteiger charge is 2.02. The second-order valence-electron chi connectivity index (χ2n) is 3.99. The lowest BCUT2D eigenvalue weighted by atomic mass is 10.2. The summed E-state index contributed by atoms with van der Waals surface area (Å²) in [6.45, 7) is 6.71. The third-order valence-corrected chi connectivity index (χ3v) is 2.19. The first-order valence-corrected chi connectivity index (χ1v) is 5.73. The Bertz CT molecular complexity index is 310. The first kappa shape index (κ1) is 16.2. The van der Waals surface area contributed by atoms with Crippen molar-refractivity contribution < 1.29 is 0 Å². The maximum Gasteiger partial charge on any atom is 0.188 e. The Hall–Kier alpha value is -0.790. The summed E-state index contributed by atoms with van der Waals surface area (Å²) in [6.07, 6.45) is 4.80. The molecule has 17 heavy (non-hydrogen) atoms. The highest BCUT2D eigenvalue weighted by atomic mass is 127. The summed E-state index contributed by atoms with van der Waals surface area (Å²) in [5, 5.41) is 7.21. The first-order valence-electron chi connectivity index (χ1n) is 5.73. The largest absolute Gasteiger partial charge is 0.370 e. The molecule has 0 radical (unpaired) electrons. The van der Waals surface area contributed by atoms with Gasteiger partial charge in [-0.3, -0.25) is 9.67 Å². The van der Waals surface area contributed by atoms with Crippen LogP contribution in [0, 0.1) is 5.92 Å². The van der Waals surface area contributed by atoms with Crippen molar-refractivity contribution in [1.82, 2.24) is 15.1 Å². The van der Waals surface area contributed by atoms with Crippen LogP contribution < -0.4 is 11.1 Å². The molecule has 0 aliphatic heterocycles. The minimum atomic E-state index is 0. The molecule has 1 aromatic rings. The van der Waals surface area contributed by atoms with E-state index in [0.717, 1.165) is 26.1 Å². The van der Waals surface area contributed by atoms with Gasteiger partial charge in [-0.25, -0.2) is 0 Å². The van der Waals surface area contributed by atoms with Crippen molar-refractivity contribution in [3.05, 3.63) is 18.5 Å². The van der Waals surface area contributed by atoms with Crippen molar-refractivity contribution in [1.29, 1.82) is 0 Å². The number of nitrogens with zero attached hydrogens (tertiary/aromatic N) is 3. The molecule has 0 amide bonds. The van der Waals surface area contributed by atoms with Crippen LogP contribution in [0.25, 0.3) is 0 Å². The molecule has 1 heterocycles. The van der Waals surface area contributed by atoms with Gasteiger partial charge in [-0.05, 0) is 18.4 Å². The molecule has 0 saturated carbocycles. The van der Waals surface area contributed by atoms with Gasteiger partial charge in [0.05, 0.1) is 0 Å². The van der Waals surface area contributed by atoms with Crippen LogP contribution in [-0.2, 0) is 6.54 Å². The molecule has 0 saturated heterocycles. The zero-order valence-electron chi connectivity index (χ0n) is 10.5. The van der Waals surface area contributed by atoms with E-state index < -0.39 is 0 Å². The van der Waals surface area contributed by atoms with Gasteiger partial charge in [0.15, 0.2) is 5.96 Å². The topological polar surface area (TPSA) is 68.2 Å². The lowest BCUT2D eigenvalue weighted by Gasteiger charge is -2.09. The number of nitrogens with two attached hydrogens (primary N) is 1. The number of aliphatic imine (C=N–C) groups is 1. The fraction of sp³-hybridized carbons (Fsp3) is 0.636. The van der Waals surface area contributed by atoms with Crippen molar-refractivity contribution in [3.63, 3.8) is 0 Å². The quantitative estimate of drug-likeness (QED) is 0.463. The Labute approximate surface area is 120 Å². The van der Waals surface area contributed by atoms with Gasteiger partial charge in [0.1, 0.15) is 0 Å². The van der Waals surface area contributed by atoms with Crippen LogP contribution in [0.1, 0.15) is 20.3 Å². The number of hydrogen-bond acceptors (Lipinski definition) is 2. The molecule has 0 bridgehead atoms. The lowest BCUT2D eigenvalue weighted by molar-refractivity contribution is 0.458. The predicted molar refractivity (Wildman–Crippen MR) is 81.6 cm³/mol. The molecule has 1 unspecified atom stereocenters.